The third kappa shape index (κ3) is 5.19. The lowest BCUT2D eigenvalue weighted by Gasteiger charge is -2.22. The zero-order valence-electron chi connectivity index (χ0n) is 8.50. The monoisotopic (exact) mass is 201 g/mol. The topological polar surface area (TPSA) is 58.6 Å². The van der Waals surface area contributed by atoms with Gasteiger partial charge in [-0.2, -0.15) is 0 Å². The molecular weight excluding hydrogens is 182 g/mol. The molecule has 0 atom stereocenters. The van der Waals surface area contributed by atoms with Gasteiger partial charge in [0.15, 0.2) is 0 Å². The number of carboxylic acids is 1. The largest absolute Gasteiger partial charge is 0.480 e. The van der Waals surface area contributed by atoms with Gasteiger partial charge in [-0.1, -0.05) is 19.3 Å². The van der Waals surface area contributed by atoms with E-state index in [1.165, 1.54) is 32.1 Å². The van der Waals surface area contributed by atoms with Crippen molar-refractivity contribution in [3.05, 3.63) is 0 Å². The van der Waals surface area contributed by atoms with Crippen LogP contribution in [0.3, 0.4) is 0 Å². The first-order valence-electron chi connectivity index (χ1n) is 5.32. The van der Waals surface area contributed by atoms with Crippen molar-refractivity contribution in [2.45, 2.75) is 38.1 Å². The standard InChI is InChI=1S/C10H19NO3/c12-10(13)8-14-7-6-11-9-4-2-1-3-5-9/h9,11H,1-8H2,(H,12,13). The molecule has 1 aliphatic rings. The van der Waals surface area contributed by atoms with E-state index in [0.29, 0.717) is 12.6 Å². The molecule has 14 heavy (non-hydrogen) atoms. The van der Waals surface area contributed by atoms with E-state index in [0.717, 1.165) is 6.54 Å². The Morgan fingerprint density at radius 2 is 2.07 bits per heavy atom. The van der Waals surface area contributed by atoms with Crippen LogP contribution in [0.15, 0.2) is 0 Å². The van der Waals surface area contributed by atoms with Crippen LogP contribution in [0.25, 0.3) is 0 Å². The fourth-order valence-corrected chi connectivity index (χ4v) is 1.80. The fraction of sp³-hybridized carbons (Fsp3) is 0.900. The summed E-state index contributed by atoms with van der Waals surface area (Å²) in [4.78, 5) is 10.1. The highest BCUT2D eigenvalue weighted by Gasteiger charge is 2.11. The number of carbonyl (C=O) groups is 1. The molecule has 0 unspecified atom stereocenters. The summed E-state index contributed by atoms with van der Waals surface area (Å²) in [6, 6.07) is 0.622. The van der Waals surface area contributed by atoms with Crippen LogP contribution in [0, 0.1) is 0 Å². The van der Waals surface area contributed by atoms with Gasteiger partial charge in [0.05, 0.1) is 6.61 Å². The molecule has 0 saturated heterocycles. The molecule has 4 heteroatoms. The van der Waals surface area contributed by atoms with Crippen LogP contribution >= 0.6 is 0 Å². The van der Waals surface area contributed by atoms with E-state index in [1.807, 2.05) is 0 Å². The molecule has 1 fully saturated rings. The zero-order chi connectivity index (χ0) is 10.2. The van der Waals surface area contributed by atoms with E-state index in [1.54, 1.807) is 0 Å². The molecule has 4 nitrogen and oxygen atoms in total. The molecule has 82 valence electrons. The summed E-state index contributed by atoms with van der Waals surface area (Å²) < 4.78 is 4.92. The lowest BCUT2D eigenvalue weighted by molar-refractivity contribution is -0.142. The number of aliphatic carboxylic acids is 1. The summed E-state index contributed by atoms with van der Waals surface area (Å²) in [5, 5.41) is 11.7. The third-order valence-corrected chi connectivity index (χ3v) is 2.51. The van der Waals surface area contributed by atoms with E-state index in [-0.39, 0.29) is 6.61 Å². The normalized spacial score (nSPS) is 18.3. The Hall–Kier alpha value is -0.610. The summed E-state index contributed by atoms with van der Waals surface area (Å²) in [6.45, 7) is 1.06. The van der Waals surface area contributed by atoms with Crippen LogP contribution < -0.4 is 5.32 Å². The van der Waals surface area contributed by atoms with E-state index >= 15 is 0 Å². The summed E-state index contributed by atoms with van der Waals surface area (Å²) in [7, 11) is 0. The van der Waals surface area contributed by atoms with Gasteiger partial charge in [-0.05, 0) is 12.8 Å². The smallest absolute Gasteiger partial charge is 0.329 e. The molecule has 1 rings (SSSR count). The lowest BCUT2D eigenvalue weighted by Crippen LogP contribution is -2.33. The van der Waals surface area contributed by atoms with E-state index in [2.05, 4.69) is 5.32 Å². The van der Waals surface area contributed by atoms with Gasteiger partial charge >= 0.3 is 5.97 Å². The Morgan fingerprint density at radius 3 is 2.71 bits per heavy atom. The van der Waals surface area contributed by atoms with Gasteiger partial charge in [-0.25, -0.2) is 4.79 Å². The van der Waals surface area contributed by atoms with Crippen molar-refractivity contribution in [1.82, 2.24) is 5.32 Å². The van der Waals surface area contributed by atoms with Gasteiger partial charge in [0, 0.05) is 12.6 Å². The molecule has 2 N–H and O–H groups in total. The minimum Gasteiger partial charge on any atom is -0.480 e. The quantitative estimate of drug-likeness (QED) is 0.630. The van der Waals surface area contributed by atoms with E-state index < -0.39 is 5.97 Å². The van der Waals surface area contributed by atoms with Crippen LogP contribution in [0.4, 0.5) is 0 Å². The van der Waals surface area contributed by atoms with E-state index in [4.69, 9.17) is 9.84 Å². The summed E-state index contributed by atoms with van der Waals surface area (Å²) >= 11 is 0. The lowest BCUT2D eigenvalue weighted by atomic mass is 9.96. The van der Waals surface area contributed by atoms with Gasteiger partial charge in [0.1, 0.15) is 6.61 Å². The van der Waals surface area contributed by atoms with Crippen molar-refractivity contribution in [1.29, 1.82) is 0 Å². The second-order valence-corrected chi connectivity index (χ2v) is 3.74. The molecule has 0 spiro atoms. The maximum absolute atomic E-state index is 10.1. The Labute approximate surface area is 84.6 Å². The number of hydrogen-bond acceptors (Lipinski definition) is 3. The highest BCUT2D eigenvalue weighted by molar-refractivity contribution is 5.67. The Kier molecular flexibility index (Phi) is 5.56. The zero-order valence-corrected chi connectivity index (χ0v) is 8.50. The van der Waals surface area contributed by atoms with Crippen molar-refractivity contribution >= 4 is 5.97 Å². The molecule has 0 aromatic carbocycles. The van der Waals surface area contributed by atoms with Gasteiger partial charge < -0.3 is 15.2 Å². The average molecular weight is 201 g/mol. The molecule has 0 radical (unpaired) electrons. The van der Waals surface area contributed by atoms with Crippen LogP contribution in [0.5, 0.6) is 0 Å². The second-order valence-electron chi connectivity index (χ2n) is 3.74. The maximum atomic E-state index is 10.1. The van der Waals surface area contributed by atoms with Crippen molar-refractivity contribution in [3.63, 3.8) is 0 Å². The van der Waals surface area contributed by atoms with Crippen LogP contribution in [-0.2, 0) is 9.53 Å². The summed E-state index contributed by atoms with van der Waals surface area (Å²) in [6.07, 6.45) is 6.48. The first-order chi connectivity index (χ1) is 6.79. The molecule has 1 aliphatic carbocycles. The second kappa shape index (κ2) is 6.79. The molecule has 0 aliphatic heterocycles. The first kappa shape index (κ1) is 11.5. The predicted octanol–water partition coefficient (Wildman–Crippen LogP) is 1.01. The summed E-state index contributed by atoms with van der Waals surface area (Å²) in [5.41, 5.74) is 0. The van der Waals surface area contributed by atoms with Crippen LogP contribution in [0.2, 0.25) is 0 Å². The Morgan fingerprint density at radius 1 is 1.36 bits per heavy atom. The number of rotatable bonds is 6. The van der Waals surface area contributed by atoms with Crippen LogP contribution in [-0.4, -0.2) is 36.9 Å². The molecule has 0 heterocycles. The number of ether oxygens (including phenoxy) is 1. The SMILES string of the molecule is O=C(O)COCCNC1CCCCC1. The molecule has 1 saturated carbocycles. The fourth-order valence-electron chi connectivity index (χ4n) is 1.80. The number of nitrogens with one attached hydrogen (secondary N) is 1. The van der Waals surface area contributed by atoms with Gasteiger partial charge in [-0.15, -0.1) is 0 Å². The van der Waals surface area contributed by atoms with Gasteiger partial charge in [0.2, 0.25) is 0 Å². The Bertz CT molecular complexity index is 167. The highest BCUT2D eigenvalue weighted by Crippen LogP contribution is 2.16. The van der Waals surface area contributed by atoms with Gasteiger partial charge in [0.25, 0.3) is 0 Å². The number of hydrogen-bond donors (Lipinski definition) is 2. The highest BCUT2D eigenvalue weighted by atomic mass is 16.5. The first-order valence-corrected chi connectivity index (χ1v) is 5.32. The molecule has 0 bridgehead atoms. The van der Waals surface area contributed by atoms with Crippen molar-refractivity contribution in [3.8, 4) is 0 Å². The van der Waals surface area contributed by atoms with Crippen LogP contribution in [0.1, 0.15) is 32.1 Å². The molecular formula is C10H19NO3. The Balaban J connectivity index is 1.90. The average Bonchev–Trinajstić information content (AvgIpc) is 2.18. The summed E-state index contributed by atoms with van der Waals surface area (Å²) in [5.74, 6) is -0.900. The minimum atomic E-state index is -0.900. The third-order valence-electron chi connectivity index (χ3n) is 2.51. The molecule has 0 amide bonds. The molecule has 0 aromatic heterocycles. The van der Waals surface area contributed by atoms with Crippen molar-refractivity contribution in [2.75, 3.05) is 19.8 Å². The minimum absolute atomic E-state index is 0.188. The van der Waals surface area contributed by atoms with E-state index in [9.17, 15) is 4.79 Å². The van der Waals surface area contributed by atoms with Crippen molar-refractivity contribution < 1.29 is 14.6 Å². The predicted molar refractivity (Wildman–Crippen MR) is 53.3 cm³/mol. The van der Waals surface area contributed by atoms with Crippen molar-refractivity contribution in [2.24, 2.45) is 0 Å². The molecule has 0 aromatic rings. The number of carboxylic acid groups (broad SMARTS) is 1. The maximum Gasteiger partial charge on any atom is 0.329 e. The van der Waals surface area contributed by atoms with Gasteiger partial charge in [-0.3, -0.25) is 0 Å².